The summed E-state index contributed by atoms with van der Waals surface area (Å²) in [6, 6.07) is 0. The zero-order valence-corrected chi connectivity index (χ0v) is 9.85. The van der Waals surface area contributed by atoms with Crippen molar-refractivity contribution in [2.75, 3.05) is 19.6 Å². The molecular weight excluding hydrogens is 216 g/mol. The summed E-state index contributed by atoms with van der Waals surface area (Å²) >= 11 is 0. The minimum atomic E-state index is -0.0112. The maximum absolute atomic E-state index is 11.3. The third-order valence-corrected chi connectivity index (χ3v) is 2.24. The Hall–Kier alpha value is -1.80. The molecule has 0 atom stereocenters. The Morgan fingerprint density at radius 1 is 1.47 bits per heavy atom. The lowest BCUT2D eigenvalue weighted by atomic mass is 10.3. The monoisotopic (exact) mass is 234 g/mol. The van der Waals surface area contributed by atoms with E-state index in [4.69, 9.17) is 6.42 Å². The molecule has 1 aromatic rings. The number of rotatable bonds is 8. The molecule has 0 saturated carbocycles. The van der Waals surface area contributed by atoms with Crippen molar-refractivity contribution in [3.63, 3.8) is 0 Å². The number of unbranched alkanes of at least 4 members (excludes halogenated alkanes) is 1. The summed E-state index contributed by atoms with van der Waals surface area (Å²) in [5, 5.41) is 5.66. The van der Waals surface area contributed by atoms with Crippen LogP contribution in [-0.4, -0.2) is 35.1 Å². The van der Waals surface area contributed by atoms with Crippen LogP contribution in [0.2, 0.25) is 0 Å². The van der Waals surface area contributed by atoms with E-state index in [9.17, 15) is 4.79 Å². The molecule has 5 nitrogen and oxygen atoms in total. The predicted molar refractivity (Wildman–Crippen MR) is 66.2 cm³/mol. The van der Waals surface area contributed by atoms with E-state index in [1.165, 1.54) is 0 Å². The van der Waals surface area contributed by atoms with Crippen LogP contribution in [0.25, 0.3) is 0 Å². The average Bonchev–Trinajstić information content (AvgIpc) is 2.82. The zero-order valence-electron chi connectivity index (χ0n) is 9.85. The molecule has 0 unspecified atom stereocenters. The van der Waals surface area contributed by atoms with Gasteiger partial charge in [-0.2, -0.15) is 0 Å². The van der Waals surface area contributed by atoms with E-state index in [-0.39, 0.29) is 12.5 Å². The highest BCUT2D eigenvalue weighted by Gasteiger charge is 1.98. The third-order valence-electron chi connectivity index (χ3n) is 2.24. The summed E-state index contributed by atoms with van der Waals surface area (Å²) in [6.07, 6.45) is 12.5. The molecule has 0 spiro atoms. The van der Waals surface area contributed by atoms with Crippen LogP contribution in [0.3, 0.4) is 0 Å². The lowest BCUT2D eigenvalue weighted by molar-refractivity contribution is -0.120. The highest BCUT2D eigenvalue weighted by Crippen LogP contribution is 1.93. The molecule has 0 aliphatic heterocycles. The topological polar surface area (TPSA) is 59.0 Å². The summed E-state index contributed by atoms with van der Waals surface area (Å²) in [6.45, 7) is 2.34. The number of amides is 1. The highest BCUT2D eigenvalue weighted by molar-refractivity contribution is 5.77. The van der Waals surface area contributed by atoms with Crippen LogP contribution in [0.5, 0.6) is 0 Å². The van der Waals surface area contributed by atoms with Crippen LogP contribution in [0.15, 0.2) is 18.7 Å². The maximum Gasteiger partial charge on any atom is 0.233 e. The number of terminal acetylenes is 1. The Morgan fingerprint density at radius 2 is 2.35 bits per heavy atom. The number of aromatic nitrogens is 2. The summed E-state index contributed by atoms with van der Waals surface area (Å²) in [5.74, 6) is 2.40. The Morgan fingerprint density at radius 3 is 3.06 bits per heavy atom. The van der Waals surface area contributed by atoms with Crippen molar-refractivity contribution >= 4 is 5.91 Å². The van der Waals surface area contributed by atoms with Gasteiger partial charge in [-0.25, -0.2) is 4.98 Å². The first-order valence-electron chi connectivity index (χ1n) is 5.69. The summed E-state index contributed by atoms with van der Waals surface area (Å²) < 4.78 is 2.02. The van der Waals surface area contributed by atoms with Crippen LogP contribution in [0, 0.1) is 12.3 Å². The molecule has 1 amide bonds. The van der Waals surface area contributed by atoms with Gasteiger partial charge in [-0.15, -0.1) is 6.42 Å². The second-order valence-corrected chi connectivity index (χ2v) is 3.67. The molecule has 0 aliphatic carbocycles. The first-order chi connectivity index (χ1) is 8.33. The van der Waals surface area contributed by atoms with E-state index >= 15 is 0 Å². The summed E-state index contributed by atoms with van der Waals surface area (Å²) in [5.41, 5.74) is 0. The van der Waals surface area contributed by atoms with Crippen molar-refractivity contribution in [2.45, 2.75) is 19.4 Å². The van der Waals surface area contributed by atoms with Gasteiger partial charge in [0.2, 0.25) is 5.91 Å². The minimum absolute atomic E-state index is 0.0112. The number of carbonyl (C=O) groups excluding carboxylic acids is 1. The molecule has 0 radical (unpaired) electrons. The smallest absolute Gasteiger partial charge is 0.233 e. The average molecular weight is 234 g/mol. The van der Waals surface area contributed by atoms with Gasteiger partial charge in [0.15, 0.2) is 0 Å². The van der Waals surface area contributed by atoms with E-state index in [1.807, 2.05) is 10.8 Å². The van der Waals surface area contributed by atoms with Crippen molar-refractivity contribution < 1.29 is 4.79 Å². The van der Waals surface area contributed by atoms with Crippen LogP contribution >= 0.6 is 0 Å². The van der Waals surface area contributed by atoms with Gasteiger partial charge in [-0.3, -0.25) is 10.1 Å². The quantitative estimate of drug-likeness (QED) is 0.492. The SMILES string of the molecule is C#CCNCC(=O)NCCCCn1ccnc1. The zero-order chi connectivity index (χ0) is 12.3. The molecule has 0 fully saturated rings. The highest BCUT2D eigenvalue weighted by atomic mass is 16.1. The number of imidazole rings is 1. The van der Waals surface area contributed by atoms with Gasteiger partial charge in [0.05, 0.1) is 19.4 Å². The Bertz CT molecular complexity index is 353. The molecule has 1 rings (SSSR count). The van der Waals surface area contributed by atoms with Gasteiger partial charge in [0.25, 0.3) is 0 Å². The van der Waals surface area contributed by atoms with Crippen molar-refractivity contribution in [2.24, 2.45) is 0 Å². The van der Waals surface area contributed by atoms with Crippen LogP contribution < -0.4 is 10.6 Å². The maximum atomic E-state index is 11.3. The molecule has 0 aliphatic rings. The van der Waals surface area contributed by atoms with Crippen LogP contribution in [0.1, 0.15) is 12.8 Å². The predicted octanol–water partition coefficient (Wildman–Crippen LogP) is 0.00230. The Balaban J connectivity index is 1.93. The molecule has 0 aromatic carbocycles. The largest absolute Gasteiger partial charge is 0.355 e. The van der Waals surface area contributed by atoms with E-state index in [1.54, 1.807) is 12.5 Å². The van der Waals surface area contributed by atoms with Crippen molar-refractivity contribution in [3.05, 3.63) is 18.7 Å². The normalized spacial score (nSPS) is 9.82. The molecule has 0 bridgehead atoms. The van der Waals surface area contributed by atoms with Gasteiger partial charge in [-0.05, 0) is 12.8 Å². The molecular formula is C12H18N4O. The van der Waals surface area contributed by atoms with Crippen LogP contribution in [0.4, 0.5) is 0 Å². The number of carbonyl (C=O) groups is 1. The van der Waals surface area contributed by atoms with E-state index < -0.39 is 0 Å². The number of aryl methyl sites for hydroxylation is 1. The number of nitrogens with zero attached hydrogens (tertiary/aromatic N) is 2. The second-order valence-electron chi connectivity index (χ2n) is 3.67. The van der Waals surface area contributed by atoms with Gasteiger partial charge in [0.1, 0.15) is 0 Å². The van der Waals surface area contributed by atoms with E-state index in [0.29, 0.717) is 13.1 Å². The first kappa shape index (κ1) is 13.3. The summed E-state index contributed by atoms with van der Waals surface area (Å²) in [4.78, 5) is 15.2. The van der Waals surface area contributed by atoms with Crippen LogP contribution in [-0.2, 0) is 11.3 Å². The lowest BCUT2D eigenvalue weighted by Crippen LogP contribution is -2.34. The number of nitrogens with one attached hydrogen (secondary N) is 2. The fraction of sp³-hybridized carbons (Fsp3) is 0.500. The van der Waals surface area contributed by atoms with Crippen molar-refractivity contribution in [1.82, 2.24) is 20.2 Å². The van der Waals surface area contributed by atoms with E-state index in [2.05, 4.69) is 21.5 Å². The molecule has 17 heavy (non-hydrogen) atoms. The number of hydrogen-bond donors (Lipinski definition) is 2. The third kappa shape index (κ3) is 6.38. The Labute approximate surface area is 102 Å². The van der Waals surface area contributed by atoms with Gasteiger partial charge in [0, 0.05) is 25.5 Å². The lowest BCUT2D eigenvalue weighted by Gasteiger charge is -2.05. The molecule has 1 aromatic heterocycles. The number of hydrogen-bond acceptors (Lipinski definition) is 3. The van der Waals surface area contributed by atoms with Gasteiger partial charge < -0.3 is 9.88 Å². The Kier molecular flexibility index (Phi) is 6.53. The first-order valence-corrected chi connectivity index (χ1v) is 5.69. The fourth-order valence-electron chi connectivity index (χ4n) is 1.38. The fourth-order valence-corrected chi connectivity index (χ4v) is 1.38. The van der Waals surface area contributed by atoms with Gasteiger partial charge in [-0.1, -0.05) is 5.92 Å². The molecule has 5 heteroatoms. The van der Waals surface area contributed by atoms with Crippen molar-refractivity contribution in [1.29, 1.82) is 0 Å². The summed E-state index contributed by atoms with van der Waals surface area (Å²) in [7, 11) is 0. The molecule has 1 heterocycles. The van der Waals surface area contributed by atoms with E-state index in [0.717, 1.165) is 19.4 Å². The second kappa shape index (κ2) is 8.36. The van der Waals surface area contributed by atoms with Crippen molar-refractivity contribution in [3.8, 4) is 12.3 Å². The van der Waals surface area contributed by atoms with Gasteiger partial charge >= 0.3 is 0 Å². The minimum Gasteiger partial charge on any atom is -0.355 e. The standard InChI is InChI=1S/C12H18N4O/c1-2-5-13-10-12(17)15-6-3-4-8-16-9-7-14-11-16/h1,7,9,11,13H,3-6,8,10H2,(H,15,17). The molecule has 2 N–H and O–H groups in total. The molecule has 92 valence electrons. The molecule has 0 saturated heterocycles.